The smallest absolute Gasteiger partial charge is 0.227 e. The number of primary amides is 1. The van der Waals surface area contributed by atoms with Crippen LogP contribution in [0.3, 0.4) is 0 Å². The van der Waals surface area contributed by atoms with Crippen LogP contribution in [0.25, 0.3) is 0 Å². The van der Waals surface area contributed by atoms with E-state index < -0.39 is 0 Å². The molecular formula is C8H10N4OS3. The lowest BCUT2D eigenvalue weighted by Crippen LogP contribution is -2.12. The van der Waals surface area contributed by atoms with E-state index in [9.17, 15) is 4.79 Å². The van der Waals surface area contributed by atoms with Gasteiger partial charge in [0.15, 0.2) is 8.68 Å². The topological polar surface area (TPSA) is 92.7 Å². The highest BCUT2D eigenvalue weighted by Gasteiger charge is 2.06. The van der Waals surface area contributed by atoms with Gasteiger partial charge in [-0.05, 0) is 6.42 Å². The van der Waals surface area contributed by atoms with E-state index in [-0.39, 0.29) is 11.7 Å². The first-order valence-corrected chi connectivity index (χ1v) is 7.25. The summed E-state index contributed by atoms with van der Waals surface area (Å²) in [7, 11) is 0. The minimum Gasteiger partial charge on any atom is -0.369 e. The monoisotopic (exact) mass is 274 g/mol. The summed E-state index contributed by atoms with van der Waals surface area (Å²) in [5, 5.41) is 16.3. The largest absolute Gasteiger partial charge is 0.369 e. The van der Waals surface area contributed by atoms with E-state index in [2.05, 4.69) is 16.3 Å². The molecule has 0 unspecified atom stereocenters. The molecule has 5 nitrogen and oxygen atoms in total. The molecule has 2 N–H and O–H groups in total. The molecule has 1 heterocycles. The minimum atomic E-state index is -0.358. The van der Waals surface area contributed by atoms with Gasteiger partial charge in [-0.15, -0.1) is 10.2 Å². The molecule has 1 aromatic heterocycles. The van der Waals surface area contributed by atoms with Crippen molar-refractivity contribution in [3.05, 3.63) is 0 Å². The van der Waals surface area contributed by atoms with Crippen LogP contribution in [-0.2, 0) is 4.79 Å². The summed E-state index contributed by atoms with van der Waals surface area (Å²) in [6.07, 6.45) is 1.42. The first kappa shape index (κ1) is 13.3. The number of nitrogens with two attached hydrogens (primary N) is 1. The minimum absolute atomic E-state index is 0.230. The Morgan fingerprint density at radius 2 is 2.12 bits per heavy atom. The van der Waals surface area contributed by atoms with E-state index in [1.54, 1.807) is 11.8 Å². The number of aromatic nitrogens is 2. The van der Waals surface area contributed by atoms with Crippen molar-refractivity contribution in [2.75, 3.05) is 11.5 Å². The molecule has 0 atom stereocenters. The Kier molecular flexibility index (Phi) is 6.22. The Labute approximate surface area is 106 Å². The van der Waals surface area contributed by atoms with Crippen molar-refractivity contribution in [3.8, 4) is 6.07 Å². The van der Waals surface area contributed by atoms with Gasteiger partial charge in [-0.2, -0.15) is 5.26 Å². The van der Waals surface area contributed by atoms with Crippen molar-refractivity contribution >= 4 is 40.8 Å². The fourth-order valence-electron chi connectivity index (χ4n) is 0.757. The summed E-state index contributed by atoms with van der Waals surface area (Å²) in [6, 6.07) is 2.09. The molecule has 0 aromatic carbocycles. The van der Waals surface area contributed by atoms with E-state index in [1.165, 1.54) is 23.1 Å². The summed E-state index contributed by atoms with van der Waals surface area (Å²) in [4.78, 5) is 10.5. The van der Waals surface area contributed by atoms with Gasteiger partial charge >= 0.3 is 0 Å². The van der Waals surface area contributed by atoms with Crippen molar-refractivity contribution in [2.24, 2.45) is 5.73 Å². The highest BCUT2D eigenvalue weighted by molar-refractivity contribution is 8.03. The normalized spacial score (nSPS) is 9.94. The Morgan fingerprint density at radius 1 is 1.44 bits per heavy atom. The van der Waals surface area contributed by atoms with Gasteiger partial charge in [-0.1, -0.05) is 34.9 Å². The molecule has 0 aliphatic carbocycles. The van der Waals surface area contributed by atoms with Gasteiger partial charge in [0.1, 0.15) is 0 Å². The maximum absolute atomic E-state index is 10.5. The Balaban J connectivity index is 2.28. The van der Waals surface area contributed by atoms with E-state index in [0.717, 1.165) is 20.9 Å². The van der Waals surface area contributed by atoms with Crippen molar-refractivity contribution in [1.29, 1.82) is 5.26 Å². The van der Waals surface area contributed by atoms with Gasteiger partial charge in [-0.3, -0.25) is 4.79 Å². The molecular weight excluding hydrogens is 264 g/mol. The lowest BCUT2D eigenvalue weighted by molar-refractivity contribution is -0.115. The van der Waals surface area contributed by atoms with Gasteiger partial charge in [0.2, 0.25) is 5.91 Å². The van der Waals surface area contributed by atoms with Crippen LogP contribution >= 0.6 is 34.9 Å². The van der Waals surface area contributed by atoms with Gasteiger partial charge in [0, 0.05) is 12.2 Å². The fourth-order valence-corrected chi connectivity index (χ4v) is 3.53. The van der Waals surface area contributed by atoms with Gasteiger partial charge in [0.05, 0.1) is 11.8 Å². The van der Waals surface area contributed by atoms with Crippen molar-refractivity contribution in [3.63, 3.8) is 0 Å². The average Bonchev–Trinajstić information content (AvgIpc) is 2.70. The number of unbranched alkanes of at least 4 members (excludes halogenated alkanes) is 1. The summed E-state index contributed by atoms with van der Waals surface area (Å²) < 4.78 is 1.62. The number of hydrogen-bond donors (Lipinski definition) is 1. The molecule has 86 valence electrons. The summed E-state index contributed by atoms with van der Waals surface area (Å²) in [5.41, 5.74) is 5.02. The number of amides is 1. The molecule has 0 saturated carbocycles. The Hall–Kier alpha value is -0.780. The second-order valence-electron chi connectivity index (χ2n) is 2.70. The molecule has 0 saturated heterocycles. The SMILES string of the molecule is N#CCCCSc1nnc(SCC(N)=O)s1. The van der Waals surface area contributed by atoms with Crippen molar-refractivity contribution in [2.45, 2.75) is 21.5 Å². The third-order valence-corrected chi connectivity index (χ3v) is 4.68. The molecule has 1 aromatic rings. The van der Waals surface area contributed by atoms with Crippen LogP contribution in [0.1, 0.15) is 12.8 Å². The maximum Gasteiger partial charge on any atom is 0.227 e. The number of rotatable bonds is 7. The molecule has 0 aliphatic rings. The van der Waals surface area contributed by atoms with E-state index in [1.807, 2.05) is 0 Å². The molecule has 16 heavy (non-hydrogen) atoms. The van der Waals surface area contributed by atoms with Crippen LogP contribution in [0.4, 0.5) is 0 Å². The molecule has 1 rings (SSSR count). The number of nitriles is 1. The van der Waals surface area contributed by atoms with Crippen LogP contribution in [0, 0.1) is 11.3 Å². The lowest BCUT2D eigenvalue weighted by atomic mass is 10.4. The van der Waals surface area contributed by atoms with Crippen LogP contribution < -0.4 is 5.73 Å². The van der Waals surface area contributed by atoms with Crippen LogP contribution in [0.2, 0.25) is 0 Å². The van der Waals surface area contributed by atoms with E-state index >= 15 is 0 Å². The quantitative estimate of drug-likeness (QED) is 0.598. The predicted molar refractivity (Wildman–Crippen MR) is 65.4 cm³/mol. The predicted octanol–water partition coefficient (Wildman–Crippen LogP) is 1.51. The number of thioether (sulfide) groups is 2. The molecule has 0 fully saturated rings. The third-order valence-electron chi connectivity index (χ3n) is 1.38. The fraction of sp³-hybridized carbons (Fsp3) is 0.500. The maximum atomic E-state index is 10.5. The number of nitrogens with zero attached hydrogens (tertiary/aromatic N) is 3. The molecule has 0 spiro atoms. The Bertz CT molecular complexity index is 387. The highest BCUT2D eigenvalue weighted by atomic mass is 32.2. The first-order chi connectivity index (χ1) is 7.72. The molecule has 0 aliphatic heterocycles. The second kappa shape index (κ2) is 7.49. The van der Waals surface area contributed by atoms with Crippen LogP contribution in [0.5, 0.6) is 0 Å². The Morgan fingerprint density at radius 3 is 2.75 bits per heavy atom. The average molecular weight is 274 g/mol. The zero-order valence-electron chi connectivity index (χ0n) is 8.38. The summed E-state index contributed by atoms with van der Waals surface area (Å²) in [5.74, 6) is 0.736. The zero-order chi connectivity index (χ0) is 11.8. The van der Waals surface area contributed by atoms with Gasteiger partial charge < -0.3 is 5.73 Å². The third kappa shape index (κ3) is 5.34. The first-order valence-electron chi connectivity index (χ1n) is 4.46. The lowest BCUT2D eigenvalue weighted by Gasteiger charge is -1.91. The molecule has 8 heteroatoms. The zero-order valence-corrected chi connectivity index (χ0v) is 10.8. The van der Waals surface area contributed by atoms with Crippen LogP contribution in [0.15, 0.2) is 8.68 Å². The number of carbonyl (C=O) groups is 1. The van der Waals surface area contributed by atoms with Crippen molar-refractivity contribution < 1.29 is 4.79 Å². The summed E-state index contributed by atoms with van der Waals surface area (Å²) >= 11 is 4.32. The molecule has 1 amide bonds. The number of hydrogen-bond acceptors (Lipinski definition) is 7. The van der Waals surface area contributed by atoms with Gasteiger partial charge in [-0.25, -0.2) is 0 Å². The van der Waals surface area contributed by atoms with E-state index in [4.69, 9.17) is 11.0 Å². The van der Waals surface area contributed by atoms with E-state index in [0.29, 0.717) is 6.42 Å². The number of carbonyl (C=O) groups excluding carboxylic acids is 1. The highest BCUT2D eigenvalue weighted by Crippen LogP contribution is 2.28. The standard InChI is InChI=1S/C8H10N4OS3/c9-3-1-2-4-14-7-11-12-8(16-7)15-5-6(10)13/h1-2,4-5H2,(H2,10,13). The van der Waals surface area contributed by atoms with Gasteiger partial charge in [0.25, 0.3) is 0 Å². The van der Waals surface area contributed by atoms with Crippen molar-refractivity contribution in [1.82, 2.24) is 10.2 Å². The van der Waals surface area contributed by atoms with Crippen LogP contribution in [-0.4, -0.2) is 27.6 Å². The molecule has 0 radical (unpaired) electrons. The second-order valence-corrected chi connectivity index (χ2v) is 6.24. The molecule has 0 bridgehead atoms. The summed E-state index contributed by atoms with van der Waals surface area (Å²) in [6.45, 7) is 0.